The molecule has 3 rings (SSSR count). The fraction of sp³-hybridized carbons (Fsp3) is 0.632. The fourth-order valence-corrected chi connectivity index (χ4v) is 3.24. The zero-order chi connectivity index (χ0) is 20.7. The topological polar surface area (TPSA) is 56.8 Å². The maximum absolute atomic E-state index is 13.6. The van der Waals surface area contributed by atoms with E-state index in [1.807, 2.05) is 0 Å². The number of nitrogens with one attached hydrogen (secondary N) is 1. The summed E-state index contributed by atoms with van der Waals surface area (Å²) in [5.41, 5.74) is -2.49. The van der Waals surface area contributed by atoms with Crippen molar-refractivity contribution in [1.29, 1.82) is 0 Å². The van der Waals surface area contributed by atoms with E-state index in [0.29, 0.717) is 26.1 Å². The number of carbonyl (C=O) groups excluding carboxylic acids is 1. The van der Waals surface area contributed by atoms with E-state index in [2.05, 4.69) is 5.32 Å². The summed E-state index contributed by atoms with van der Waals surface area (Å²) >= 11 is 0. The van der Waals surface area contributed by atoms with Crippen molar-refractivity contribution in [3.8, 4) is 0 Å². The Labute approximate surface area is 163 Å². The molecule has 2 aliphatic heterocycles. The van der Waals surface area contributed by atoms with E-state index in [-0.39, 0.29) is 17.1 Å². The van der Waals surface area contributed by atoms with Crippen molar-refractivity contribution in [2.75, 3.05) is 13.2 Å². The van der Waals surface area contributed by atoms with Gasteiger partial charge >= 0.3 is 13.3 Å². The first-order valence-corrected chi connectivity index (χ1v) is 9.36. The molecule has 0 radical (unpaired) electrons. The van der Waals surface area contributed by atoms with Crippen LogP contribution in [0.2, 0.25) is 0 Å². The number of hydrogen-bond donors (Lipinski definition) is 1. The van der Waals surface area contributed by atoms with Gasteiger partial charge in [-0.15, -0.1) is 0 Å². The van der Waals surface area contributed by atoms with E-state index in [9.17, 15) is 18.0 Å². The van der Waals surface area contributed by atoms with Crippen LogP contribution >= 0.6 is 0 Å². The molecule has 154 valence electrons. The zero-order valence-corrected chi connectivity index (χ0v) is 16.5. The number of alkyl halides is 3. The Morgan fingerprint density at radius 2 is 1.68 bits per heavy atom. The van der Waals surface area contributed by atoms with Crippen LogP contribution in [-0.4, -0.2) is 43.5 Å². The third kappa shape index (κ3) is 4.21. The van der Waals surface area contributed by atoms with Gasteiger partial charge in [0.05, 0.1) is 16.8 Å². The number of amides is 1. The molecule has 2 fully saturated rings. The molecule has 28 heavy (non-hydrogen) atoms. The number of benzene rings is 1. The van der Waals surface area contributed by atoms with Gasteiger partial charge in [-0.25, -0.2) is 0 Å². The minimum Gasteiger partial charge on any atom is -0.399 e. The van der Waals surface area contributed by atoms with Gasteiger partial charge in [-0.2, -0.15) is 13.2 Å². The fourth-order valence-electron chi connectivity index (χ4n) is 3.24. The molecule has 9 heteroatoms. The van der Waals surface area contributed by atoms with Gasteiger partial charge in [-0.05, 0) is 64.2 Å². The number of hydrogen-bond acceptors (Lipinski definition) is 4. The highest BCUT2D eigenvalue weighted by atomic mass is 19.4. The molecule has 0 bridgehead atoms. The first kappa shape index (κ1) is 21.1. The molecular weight excluding hydrogens is 374 g/mol. The first-order chi connectivity index (χ1) is 12.9. The van der Waals surface area contributed by atoms with Gasteiger partial charge < -0.3 is 19.4 Å². The number of ether oxygens (including phenoxy) is 1. The SMILES string of the molecule is CC1(C)OB(c2cc(C(=O)NC3CCOCC3)ccc2C(F)(F)F)OC1(C)C. The van der Waals surface area contributed by atoms with E-state index in [1.54, 1.807) is 27.7 Å². The van der Waals surface area contributed by atoms with Crippen LogP contribution in [0.1, 0.15) is 56.5 Å². The van der Waals surface area contributed by atoms with Crippen LogP contribution in [-0.2, 0) is 20.2 Å². The summed E-state index contributed by atoms with van der Waals surface area (Å²) in [4.78, 5) is 12.6. The molecule has 2 heterocycles. The predicted octanol–water partition coefficient (Wildman–Crippen LogP) is 2.91. The lowest BCUT2D eigenvalue weighted by atomic mass is 9.75. The molecular formula is C19H25BF3NO4. The molecule has 1 N–H and O–H groups in total. The molecule has 2 saturated heterocycles. The van der Waals surface area contributed by atoms with E-state index in [4.69, 9.17) is 14.0 Å². The molecule has 1 aromatic rings. The zero-order valence-electron chi connectivity index (χ0n) is 16.5. The van der Waals surface area contributed by atoms with Gasteiger partial charge in [0.1, 0.15) is 0 Å². The van der Waals surface area contributed by atoms with Gasteiger partial charge in [0.25, 0.3) is 5.91 Å². The van der Waals surface area contributed by atoms with Crippen molar-refractivity contribution in [3.63, 3.8) is 0 Å². The molecule has 0 atom stereocenters. The maximum atomic E-state index is 13.6. The van der Waals surface area contributed by atoms with Crippen molar-refractivity contribution in [2.24, 2.45) is 0 Å². The summed E-state index contributed by atoms with van der Waals surface area (Å²) in [5.74, 6) is -0.418. The van der Waals surface area contributed by atoms with Gasteiger partial charge in [-0.1, -0.05) is 0 Å². The monoisotopic (exact) mass is 399 g/mol. The van der Waals surface area contributed by atoms with E-state index in [1.165, 1.54) is 12.1 Å². The lowest BCUT2D eigenvalue weighted by Gasteiger charge is -2.32. The highest BCUT2D eigenvalue weighted by Gasteiger charge is 2.53. The second-order valence-electron chi connectivity index (χ2n) is 8.25. The largest absolute Gasteiger partial charge is 0.495 e. The van der Waals surface area contributed by atoms with Crippen molar-refractivity contribution in [1.82, 2.24) is 5.32 Å². The molecule has 0 aromatic heterocycles. The Morgan fingerprint density at radius 3 is 2.21 bits per heavy atom. The molecule has 2 aliphatic rings. The number of rotatable bonds is 3. The summed E-state index contributed by atoms with van der Waals surface area (Å²) < 4.78 is 57.6. The number of carbonyl (C=O) groups is 1. The minimum absolute atomic E-state index is 0.0520. The van der Waals surface area contributed by atoms with Crippen LogP contribution in [0.5, 0.6) is 0 Å². The summed E-state index contributed by atoms with van der Waals surface area (Å²) in [6.45, 7) is 8.17. The lowest BCUT2D eigenvalue weighted by Crippen LogP contribution is -2.42. The minimum atomic E-state index is -4.59. The Bertz CT molecular complexity index is 729. The average Bonchev–Trinajstić information content (AvgIpc) is 2.82. The predicted molar refractivity (Wildman–Crippen MR) is 98.5 cm³/mol. The van der Waals surface area contributed by atoms with E-state index < -0.39 is 36.0 Å². The van der Waals surface area contributed by atoms with Crippen LogP contribution in [0.15, 0.2) is 18.2 Å². The van der Waals surface area contributed by atoms with E-state index in [0.717, 1.165) is 6.07 Å². The van der Waals surface area contributed by atoms with Crippen molar-refractivity contribution < 1.29 is 32.0 Å². The van der Waals surface area contributed by atoms with Crippen molar-refractivity contribution in [3.05, 3.63) is 29.3 Å². The molecule has 0 aliphatic carbocycles. The van der Waals surface area contributed by atoms with Gasteiger partial charge in [0.2, 0.25) is 0 Å². The van der Waals surface area contributed by atoms with Gasteiger partial charge in [-0.3, -0.25) is 4.79 Å². The molecule has 0 spiro atoms. The average molecular weight is 399 g/mol. The summed E-state index contributed by atoms with van der Waals surface area (Å²) in [5, 5.41) is 2.86. The summed E-state index contributed by atoms with van der Waals surface area (Å²) in [7, 11) is -1.21. The Kier molecular flexibility index (Phi) is 5.55. The van der Waals surface area contributed by atoms with E-state index >= 15 is 0 Å². The molecule has 1 aromatic carbocycles. The lowest BCUT2D eigenvalue weighted by molar-refractivity contribution is -0.136. The maximum Gasteiger partial charge on any atom is 0.495 e. The third-order valence-corrected chi connectivity index (χ3v) is 5.68. The molecule has 5 nitrogen and oxygen atoms in total. The first-order valence-electron chi connectivity index (χ1n) is 9.36. The second-order valence-corrected chi connectivity index (χ2v) is 8.25. The van der Waals surface area contributed by atoms with Crippen LogP contribution in [0.25, 0.3) is 0 Å². The molecule has 0 unspecified atom stereocenters. The summed E-state index contributed by atoms with van der Waals surface area (Å²) in [6.07, 6.45) is -3.23. The normalized spacial score (nSPS) is 22.3. The smallest absolute Gasteiger partial charge is 0.399 e. The Hall–Kier alpha value is -1.58. The standard InChI is InChI=1S/C19H25BF3NO4/c1-17(2)18(3,4)28-20(27-17)15-11-12(5-6-14(15)19(21,22)23)16(25)24-13-7-9-26-10-8-13/h5-6,11,13H,7-10H2,1-4H3,(H,24,25). The van der Waals surface area contributed by atoms with Crippen LogP contribution < -0.4 is 10.8 Å². The second kappa shape index (κ2) is 7.35. The van der Waals surface area contributed by atoms with Crippen molar-refractivity contribution >= 4 is 18.5 Å². The van der Waals surface area contributed by atoms with Gasteiger partial charge in [0, 0.05) is 24.8 Å². The third-order valence-electron chi connectivity index (χ3n) is 5.68. The molecule has 0 saturated carbocycles. The Balaban J connectivity index is 1.91. The summed E-state index contributed by atoms with van der Waals surface area (Å²) in [6, 6.07) is 3.27. The quantitative estimate of drug-likeness (QED) is 0.795. The van der Waals surface area contributed by atoms with Gasteiger partial charge in [0.15, 0.2) is 0 Å². The molecule has 1 amide bonds. The van der Waals surface area contributed by atoms with Crippen LogP contribution in [0.4, 0.5) is 13.2 Å². The highest BCUT2D eigenvalue weighted by Crippen LogP contribution is 2.38. The van der Waals surface area contributed by atoms with Crippen molar-refractivity contribution in [2.45, 2.75) is 64.0 Å². The highest BCUT2D eigenvalue weighted by molar-refractivity contribution is 6.62. The van der Waals surface area contributed by atoms with Crippen LogP contribution in [0.3, 0.4) is 0 Å². The Morgan fingerprint density at radius 1 is 1.11 bits per heavy atom. The van der Waals surface area contributed by atoms with Crippen LogP contribution in [0, 0.1) is 0 Å². The number of halogens is 3.